The van der Waals surface area contributed by atoms with E-state index in [-0.39, 0.29) is 12.5 Å². The summed E-state index contributed by atoms with van der Waals surface area (Å²) in [5, 5.41) is 11.3. The smallest absolute Gasteiger partial charge is 0.263 e. The van der Waals surface area contributed by atoms with Gasteiger partial charge in [0.2, 0.25) is 5.91 Å². The Kier molecular flexibility index (Phi) is 5.22. The Morgan fingerprint density at radius 3 is 2.65 bits per heavy atom. The van der Waals surface area contributed by atoms with Crippen LogP contribution in [0.4, 0.5) is 5.69 Å². The van der Waals surface area contributed by atoms with Crippen molar-refractivity contribution in [1.29, 1.82) is 0 Å². The van der Waals surface area contributed by atoms with Gasteiger partial charge in [0.25, 0.3) is 5.91 Å². The van der Waals surface area contributed by atoms with Gasteiger partial charge in [-0.1, -0.05) is 29.3 Å². The fourth-order valence-electron chi connectivity index (χ4n) is 2.56. The molecule has 26 heavy (non-hydrogen) atoms. The van der Waals surface area contributed by atoms with Crippen LogP contribution in [0.1, 0.15) is 21.1 Å². The van der Waals surface area contributed by atoms with Crippen molar-refractivity contribution >= 4 is 62.1 Å². The van der Waals surface area contributed by atoms with Gasteiger partial charge in [-0.25, -0.2) is 0 Å². The van der Waals surface area contributed by atoms with Crippen LogP contribution in [-0.4, -0.2) is 28.1 Å². The summed E-state index contributed by atoms with van der Waals surface area (Å²) in [6, 6.07) is 5.25. The Labute approximate surface area is 164 Å². The molecule has 0 spiro atoms. The van der Waals surface area contributed by atoms with Crippen LogP contribution in [0.5, 0.6) is 0 Å². The van der Waals surface area contributed by atoms with E-state index in [2.05, 4.69) is 15.7 Å². The maximum atomic E-state index is 12.4. The van der Waals surface area contributed by atoms with Gasteiger partial charge in [-0.2, -0.15) is 5.10 Å². The fraction of sp³-hybridized carbons (Fsp3) is 0.235. The second-order valence-corrected chi connectivity index (χ2v) is 7.65. The number of rotatable bonds is 4. The van der Waals surface area contributed by atoms with Crippen LogP contribution in [0.25, 0.3) is 10.1 Å². The molecule has 0 bridgehead atoms. The van der Waals surface area contributed by atoms with Crippen molar-refractivity contribution in [3.05, 3.63) is 44.5 Å². The minimum Gasteiger partial charge on any atom is -0.342 e. The molecule has 3 rings (SSSR count). The van der Waals surface area contributed by atoms with E-state index >= 15 is 0 Å². The van der Waals surface area contributed by atoms with E-state index in [1.165, 1.54) is 11.3 Å². The van der Waals surface area contributed by atoms with Crippen molar-refractivity contribution in [2.24, 2.45) is 7.05 Å². The van der Waals surface area contributed by atoms with Crippen LogP contribution >= 0.6 is 34.5 Å². The highest BCUT2D eigenvalue weighted by molar-refractivity contribution is 7.21. The number of carbonyl (C=O) groups excluding carboxylic acids is 2. The normalized spacial score (nSPS) is 11.0. The standard InChI is InChI=1S/C17H16Cl2N4O2S/c1-8-15(9(2)23(3)22-8)21-13(24)7-20-17(25)16-14(19)11-5-4-10(18)6-12(11)26-16/h4-6H,7H2,1-3H3,(H,20,25)(H,21,24). The van der Waals surface area contributed by atoms with Crippen molar-refractivity contribution in [3.8, 4) is 0 Å². The quantitative estimate of drug-likeness (QED) is 0.683. The number of anilines is 1. The molecule has 9 heteroatoms. The van der Waals surface area contributed by atoms with Crippen molar-refractivity contribution < 1.29 is 9.59 Å². The molecule has 0 aliphatic heterocycles. The van der Waals surface area contributed by atoms with Crippen LogP contribution in [0.3, 0.4) is 0 Å². The monoisotopic (exact) mass is 410 g/mol. The van der Waals surface area contributed by atoms with E-state index in [1.54, 1.807) is 29.9 Å². The summed E-state index contributed by atoms with van der Waals surface area (Å²) in [5.41, 5.74) is 2.21. The lowest BCUT2D eigenvalue weighted by Crippen LogP contribution is -2.32. The molecule has 136 valence electrons. The number of amides is 2. The number of hydrogen-bond acceptors (Lipinski definition) is 4. The molecular formula is C17H16Cl2N4O2S. The highest BCUT2D eigenvalue weighted by Gasteiger charge is 2.19. The number of nitrogens with one attached hydrogen (secondary N) is 2. The number of aromatic nitrogens is 2. The minimum atomic E-state index is -0.401. The molecule has 2 amide bonds. The van der Waals surface area contributed by atoms with Crippen molar-refractivity contribution in [3.63, 3.8) is 0 Å². The van der Waals surface area contributed by atoms with Gasteiger partial charge >= 0.3 is 0 Å². The summed E-state index contributed by atoms with van der Waals surface area (Å²) in [4.78, 5) is 24.9. The lowest BCUT2D eigenvalue weighted by molar-refractivity contribution is -0.115. The van der Waals surface area contributed by atoms with Crippen molar-refractivity contribution in [2.75, 3.05) is 11.9 Å². The first-order valence-electron chi connectivity index (χ1n) is 7.73. The molecule has 0 saturated carbocycles. The van der Waals surface area contributed by atoms with Crippen LogP contribution in [-0.2, 0) is 11.8 Å². The zero-order valence-corrected chi connectivity index (χ0v) is 16.6. The second kappa shape index (κ2) is 7.26. The molecule has 1 aromatic carbocycles. The maximum absolute atomic E-state index is 12.4. The Morgan fingerprint density at radius 1 is 1.27 bits per heavy atom. The van der Waals surface area contributed by atoms with Gasteiger partial charge in [-0.05, 0) is 26.0 Å². The molecule has 6 nitrogen and oxygen atoms in total. The number of benzene rings is 1. The number of halogens is 2. The molecule has 3 aromatic rings. The van der Waals surface area contributed by atoms with Gasteiger partial charge in [-0.3, -0.25) is 14.3 Å². The first-order valence-corrected chi connectivity index (χ1v) is 9.31. The molecule has 0 aliphatic rings. The van der Waals surface area contributed by atoms with Crippen molar-refractivity contribution in [2.45, 2.75) is 13.8 Å². The van der Waals surface area contributed by atoms with Crippen LogP contribution in [0, 0.1) is 13.8 Å². The van der Waals surface area contributed by atoms with E-state index in [1.807, 2.05) is 13.8 Å². The summed E-state index contributed by atoms with van der Waals surface area (Å²) in [6.07, 6.45) is 0. The number of hydrogen-bond donors (Lipinski definition) is 2. The lowest BCUT2D eigenvalue weighted by Gasteiger charge is -2.07. The molecule has 0 aliphatic carbocycles. The summed E-state index contributed by atoms with van der Waals surface area (Å²) >= 11 is 13.5. The van der Waals surface area contributed by atoms with Crippen molar-refractivity contribution in [1.82, 2.24) is 15.1 Å². The molecule has 2 N–H and O–H groups in total. The first kappa shape index (κ1) is 18.7. The third-order valence-corrected chi connectivity index (χ3v) is 5.87. The number of carbonyl (C=O) groups is 2. The molecule has 2 heterocycles. The average molecular weight is 411 g/mol. The molecule has 2 aromatic heterocycles. The van der Waals surface area contributed by atoms with Gasteiger partial charge in [0, 0.05) is 22.2 Å². The summed E-state index contributed by atoms with van der Waals surface area (Å²) in [5.74, 6) is -0.736. The average Bonchev–Trinajstić information content (AvgIpc) is 3.03. The maximum Gasteiger partial charge on any atom is 0.263 e. The number of aryl methyl sites for hydroxylation is 2. The topological polar surface area (TPSA) is 76.0 Å². The minimum absolute atomic E-state index is 0.169. The van der Waals surface area contributed by atoms with Crippen LogP contribution in [0.15, 0.2) is 18.2 Å². The summed E-state index contributed by atoms with van der Waals surface area (Å²) in [6.45, 7) is 3.50. The highest BCUT2D eigenvalue weighted by atomic mass is 35.5. The van der Waals surface area contributed by atoms with Crippen LogP contribution in [0.2, 0.25) is 10.0 Å². The van der Waals surface area contributed by atoms with E-state index in [9.17, 15) is 9.59 Å². The van der Waals surface area contributed by atoms with Gasteiger partial charge in [0.15, 0.2) is 0 Å². The second-order valence-electron chi connectivity index (χ2n) is 5.79. The first-order chi connectivity index (χ1) is 12.3. The van der Waals surface area contributed by atoms with Gasteiger partial charge in [0.05, 0.1) is 28.6 Å². The number of nitrogens with zero attached hydrogens (tertiary/aromatic N) is 2. The van der Waals surface area contributed by atoms with Gasteiger partial charge in [0.1, 0.15) is 4.88 Å². The molecule has 0 saturated heterocycles. The molecule has 0 fully saturated rings. The summed E-state index contributed by atoms with van der Waals surface area (Å²) < 4.78 is 2.50. The third kappa shape index (κ3) is 3.56. The SMILES string of the molecule is Cc1nn(C)c(C)c1NC(=O)CNC(=O)c1sc2cc(Cl)ccc2c1Cl. The van der Waals surface area contributed by atoms with Crippen LogP contribution < -0.4 is 10.6 Å². The Morgan fingerprint density at radius 2 is 2.00 bits per heavy atom. The lowest BCUT2D eigenvalue weighted by atomic mass is 10.2. The molecule has 0 radical (unpaired) electrons. The predicted octanol–water partition coefficient (Wildman–Crippen LogP) is 3.93. The van der Waals surface area contributed by atoms with E-state index in [4.69, 9.17) is 23.2 Å². The van der Waals surface area contributed by atoms with E-state index in [0.29, 0.717) is 26.3 Å². The van der Waals surface area contributed by atoms with Gasteiger partial charge in [-0.15, -0.1) is 11.3 Å². The van der Waals surface area contributed by atoms with E-state index < -0.39 is 5.91 Å². The fourth-order valence-corrected chi connectivity index (χ4v) is 4.27. The van der Waals surface area contributed by atoms with Gasteiger partial charge < -0.3 is 10.6 Å². The number of thiophene rings is 1. The van der Waals surface area contributed by atoms with E-state index in [0.717, 1.165) is 15.8 Å². The number of fused-ring (bicyclic) bond motifs is 1. The Balaban J connectivity index is 1.69. The Hall–Kier alpha value is -2.09. The molecular weight excluding hydrogens is 395 g/mol. The predicted molar refractivity (Wildman–Crippen MR) is 105 cm³/mol. The molecule has 0 atom stereocenters. The largest absolute Gasteiger partial charge is 0.342 e. The zero-order valence-electron chi connectivity index (χ0n) is 14.3. The molecule has 0 unspecified atom stereocenters. The zero-order chi connectivity index (χ0) is 19.0. The summed E-state index contributed by atoms with van der Waals surface area (Å²) in [7, 11) is 1.80. The highest BCUT2D eigenvalue weighted by Crippen LogP contribution is 2.36. The Bertz CT molecular complexity index is 1030. The third-order valence-electron chi connectivity index (χ3n) is 3.98.